The largest absolute Gasteiger partial charge is 0.377 e. The SMILES string of the molecule is COC(C)(C)CNC(=O)c1ccc(-c2ccc3nc(C(CC4CC4)(C(=O)NCCS(N)(=O)=O)S(=O)O)sc3c2)cc1. The monoisotopic (exact) mass is 622 g/mol. The van der Waals surface area contributed by atoms with Crippen LogP contribution in [0.25, 0.3) is 21.3 Å². The molecule has 14 heteroatoms. The van der Waals surface area contributed by atoms with E-state index in [1.165, 1.54) is 0 Å². The van der Waals surface area contributed by atoms with E-state index in [1.54, 1.807) is 25.3 Å². The van der Waals surface area contributed by atoms with Gasteiger partial charge in [0.25, 0.3) is 5.91 Å². The van der Waals surface area contributed by atoms with Gasteiger partial charge >= 0.3 is 0 Å². The van der Waals surface area contributed by atoms with Crippen molar-refractivity contribution in [1.29, 1.82) is 0 Å². The van der Waals surface area contributed by atoms with Crippen LogP contribution in [0.15, 0.2) is 42.5 Å². The molecule has 3 aromatic rings. The van der Waals surface area contributed by atoms with Crippen molar-refractivity contribution in [1.82, 2.24) is 15.6 Å². The first-order chi connectivity index (χ1) is 19.2. The molecule has 41 heavy (non-hydrogen) atoms. The summed E-state index contributed by atoms with van der Waals surface area (Å²) in [6.45, 7) is 3.84. The molecule has 1 heterocycles. The van der Waals surface area contributed by atoms with Gasteiger partial charge in [-0.25, -0.2) is 22.7 Å². The Balaban J connectivity index is 1.60. The second kappa shape index (κ2) is 12.2. The number of sulfonamides is 1. The highest BCUT2D eigenvalue weighted by atomic mass is 32.2. The molecule has 0 saturated heterocycles. The summed E-state index contributed by atoms with van der Waals surface area (Å²) >= 11 is -1.47. The van der Waals surface area contributed by atoms with Crippen LogP contribution in [0.1, 0.15) is 48.5 Å². The number of primary sulfonamides is 1. The van der Waals surface area contributed by atoms with Crippen molar-refractivity contribution >= 4 is 54.5 Å². The maximum absolute atomic E-state index is 13.4. The van der Waals surface area contributed by atoms with E-state index < -0.39 is 43.1 Å². The molecule has 0 radical (unpaired) electrons. The minimum atomic E-state index is -3.82. The number of thiazole rings is 1. The topological polar surface area (TPSA) is 178 Å². The molecule has 1 saturated carbocycles. The number of fused-ring (bicyclic) bond motifs is 1. The van der Waals surface area contributed by atoms with Crippen LogP contribution in [-0.2, 0) is 35.4 Å². The van der Waals surface area contributed by atoms with Gasteiger partial charge in [-0.3, -0.25) is 9.59 Å². The Labute approximate surface area is 245 Å². The third-order valence-electron chi connectivity index (χ3n) is 7.05. The van der Waals surface area contributed by atoms with Gasteiger partial charge in [-0.15, -0.1) is 11.3 Å². The van der Waals surface area contributed by atoms with Crippen molar-refractivity contribution in [3.8, 4) is 11.1 Å². The number of nitrogens with one attached hydrogen (secondary N) is 2. The van der Waals surface area contributed by atoms with Crippen LogP contribution in [0.3, 0.4) is 0 Å². The van der Waals surface area contributed by atoms with E-state index in [9.17, 15) is 26.8 Å². The highest BCUT2D eigenvalue weighted by molar-refractivity contribution is 7.89. The van der Waals surface area contributed by atoms with Crippen molar-refractivity contribution in [2.75, 3.05) is 26.0 Å². The van der Waals surface area contributed by atoms with E-state index in [2.05, 4.69) is 15.6 Å². The number of aromatic nitrogens is 1. The lowest BCUT2D eigenvalue weighted by atomic mass is 10.0. The maximum Gasteiger partial charge on any atom is 0.251 e. The number of nitrogens with zero attached hydrogens (tertiary/aromatic N) is 1. The predicted octanol–water partition coefficient (Wildman–Crippen LogP) is 2.74. The lowest BCUT2D eigenvalue weighted by Crippen LogP contribution is -2.49. The Hall–Kier alpha value is -2.75. The molecule has 2 amide bonds. The van der Waals surface area contributed by atoms with Gasteiger partial charge in [0.15, 0.2) is 11.1 Å². The fourth-order valence-electron chi connectivity index (χ4n) is 4.24. The number of hydrogen-bond donors (Lipinski definition) is 4. The Morgan fingerprint density at radius 2 is 1.80 bits per heavy atom. The van der Waals surface area contributed by atoms with Crippen LogP contribution in [0.2, 0.25) is 0 Å². The van der Waals surface area contributed by atoms with E-state index in [1.807, 2.05) is 38.1 Å². The summed E-state index contributed by atoms with van der Waals surface area (Å²) in [5, 5.41) is 10.6. The first kappa shape index (κ1) is 31.2. The molecule has 2 aromatic carbocycles. The normalized spacial score (nSPS) is 16.2. The molecule has 1 aromatic heterocycles. The molecule has 0 spiro atoms. The molecular weight excluding hydrogens is 589 g/mol. The van der Waals surface area contributed by atoms with Gasteiger partial charge in [-0.05, 0) is 61.6 Å². The van der Waals surface area contributed by atoms with Crippen molar-refractivity contribution in [3.05, 3.63) is 53.0 Å². The Kier molecular flexibility index (Phi) is 9.31. The average Bonchev–Trinajstić information content (AvgIpc) is 3.64. The van der Waals surface area contributed by atoms with E-state index in [4.69, 9.17) is 9.88 Å². The molecule has 5 N–H and O–H groups in total. The number of methoxy groups -OCH3 is 1. The quantitative estimate of drug-likeness (QED) is 0.210. The minimum absolute atomic E-state index is 0.0916. The zero-order chi connectivity index (χ0) is 30.0. The zero-order valence-corrected chi connectivity index (χ0v) is 25.5. The molecule has 1 fully saturated rings. The molecule has 4 rings (SSSR count). The third-order valence-corrected chi connectivity index (χ3v) is 10.3. The van der Waals surface area contributed by atoms with Crippen LogP contribution >= 0.6 is 11.3 Å². The molecule has 0 bridgehead atoms. The summed E-state index contributed by atoms with van der Waals surface area (Å²) < 4.78 is 50.1. The molecule has 2 atom stereocenters. The van der Waals surface area contributed by atoms with E-state index in [0.717, 1.165) is 35.3 Å². The van der Waals surface area contributed by atoms with Crippen LogP contribution < -0.4 is 15.8 Å². The van der Waals surface area contributed by atoms with Gasteiger partial charge in [0.05, 0.1) is 21.6 Å². The van der Waals surface area contributed by atoms with Gasteiger partial charge in [0.1, 0.15) is 5.01 Å². The van der Waals surface area contributed by atoms with E-state index in [0.29, 0.717) is 22.3 Å². The van der Waals surface area contributed by atoms with E-state index in [-0.39, 0.29) is 29.8 Å². The van der Waals surface area contributed by atoms with Gasteiger partial charge in [-0.1, -0.05) is 31.0 Å². The number of carbonyl (C=O) groups excluding carboxylic acids is 2. The van der Waals surface area contributed by atoms with Crippen LogP contribution in [-0.4, -0.2) is 65.5 Å². The molecule has 1 aliphatic rings. The fraction of sp³-hybridized carbons (Fsp3) is 0.444. The second-order valence-corrected chi connectivity index (χ2v) is 14.7. The number of hydrogen-bond acceptors (Lipinski definition) is 8. The first-order valence-electron chi connectivity index (χ1n) is 13.0. The van der Waals surface area contributed by atoms with Crippen LogP contribution in [0, 0.1) is 5.92 Å². The van der Waals surface area contributed by atoms with Gasteiger partial charge in [0.2, 0.25) is 20.7 Å². The predicted molar refractivity (Wildman–Crippen MR) is 159 cm³/mol. The maximum atomic E-state index is 13.4. The smallest absolute Gasteiger partial charge is 0.251 e. The minimum Gasteiger partial charge on any atom is -0.377 e. The highest BCUT2D eigenvalue weighted by Crippen LogP contribution is 2.46. The van der Waals surface area contributed by atoms with Gasteiger partial charge < -0.3 is 19.9 Å². The summed E-state index contributed by atoms with van der Waals surface area (Å²) in [7, 11) is -2.23. The standard InChI is InChI=1S/C27H34N4O7S3/c1-26(2,38-3)16-30-23(32)19-8-6-18(7-9-19)20-10-11-21-22(14-20)39-25(31-21)27(40(34)35,15-17-4-5-17)24(33)29-12-13-41(28,36)37/h6-11,14,17H,4-5,12-13,15-16H2,1-3H3,(H,29,33)(H,30,32)(H,34,35)(H2,28,36,37). The zero-order valence-electron chi connectivity index (χ0n) is 23.0. The van der Waals surface area contributed by atoms with E-state index >= 15 is 0 Å². The van der Waals surface area contributed by atoms with Crippen LogP contribution in [0.5, 0.6) is 0 Å². The van der Waals surface area contributed by atoms with Gasteiger partial charge in [-0.2, -0.15) is 0 Å². The number of rotatable bonds is 13. The number of amides is 2. The second-order valence-electron chi connectivity index (χ2n) is 10.8. The number of carbonyl (C=O) groups is 2. The molecule has 11 nitrogen and oxygen atoms in total. The summed E-state index contributed by atoms with van der Waals surface area (Å²) in [5.41, 5.74) is 2.28. The molecule has 0 aliphatic heterocycles. The highest BCUT2D eigenvalue weighted by Gasteiger charge is 2.52. The van der Waals surface area contributed by atoms with Crippen molar-refractivity contribution in [2.45, 2.75) is 43.5 Å². The Morgan fingerprint density at radius 3 is 2.39 bits per heavy atom. The van der Waals surface area contributed by atoms with Gasteiger partial charge in [0, 0.05) is 25.8 Å². The summed E-state index contributed by atoms with van der Waals surface area (Å²) in [6.07, 6.45) is 1.78. The summed E-state index contributed by atoms with van der Waals surface area (Å²) in [5.74, 6) is -1.37. The Morgan fingerprint density at radius 1 is 1.15 bits per heavy atom. The Bertz CT molecular complexity index is 1570. The first-order valence-corrected chi connectivity index (χ1v) is 16.6. The molecule has 2 unspecified atom stereocenters. The lowest BCUT2D eigenvalue weighted by molar-refractivity contribution is -0.124. The van der Waals surface area contributed by atoms with Crippen molar-refractivity contribution in [2.24, 2.45) is 11.1 Å². The summed E-state index contributed by atoms with van der Waals surface area (Å²) in [4.78, 5) is 30.5. The van der Waals surface area contributed by atoms with Crippen molar-refractivity contribution in [3.63, 3.8) is 0 Å². The molecular formula is C27H34N4O7S3. The lowest BCUT2D eigenvalue weighted by Gasteiger charge is -2.27. The average molecular weight is 623 g/mol. The number of benzene rings is 2. The van der Waals surface area contributed by atoms with Crippen LogP contribution in [0.4, 0.5) is 0 Å². The molecule has 222 valence electrons. The fourth-order valence-corrected chi connectivity index (χ4v) is 6.87. The number of nitrogens with two attached hydrogens (primary N) is 1. The molecule has 1 aliphatic carbocycles. The third kappa shape index (κ3) is 7.56. The van der Waals surface area contributed by atoms with Crippen molar-refractivity contribution < 1.29 is 31.5 Å². The summed E-state index contributed by atoms with van der Waals surface area (Å²) in [6, 6.07) is 12.6. The number of ether oxygens (including phenoxy) is 1.